The number of rotatable bonds is 63. The molecule has 2 atom stereocenters. The molecule has 0 aliphatic heterocycles. The monoisotopic (exact) mass is 1130 g/mol. The fourth-order valence-electron chi connectivity index (χ4n) is 9.84. The van der Waals surface area contributed by atoms with Crippen LogP contribution in [0.5, 0.6) is 0 Å². The maximum atomic E-state index is 12.8. The predicted octanol–water partition coefficient (Wildman–Crippen LogP) is 21.0. The Bertz CT molecular complexity index is 1470. The smallest absolute Gasteiger partial charge is 0.306 e. The van der Waals surface area contributed by atoms with Crippen LogP contribution in [0, 0.1) is 0 Å². The van der Waals surface area contributed by atoms with Crippen LogP contribution in [0.1, 0.15) is 328 Å². The predicted molar refractivity (Wildman–Crippen MR) is 337 cm³/mol. The maximum absolute atomic E-state index is 12.8. The number of phosphoric ester groups is 1. The molecule has 0 amide bonds. The first-order valence-corrected chi connectivity index (χ1v) is 35.3. The van der Waals surface area contributed by atoms with Gasteiger partial charge in [-0.05, 0) is 77.0 Å². The van der Waals surface area contributed by atoms with Crippen LogP contribution in [0.25, 0.3) is 0 Å². The topological polar surface area (TPSA) is 111 Å². The molecule has 79 heavy (non-hydrogen) atoms. The van der Waals surface area contributed by atoms with E-state index in [1.54, 1.807) is 0 Å². The molecule has 0 spiro atoms. The number of phosphoric acid groups is 1. The zero-order valence-electron chi connectivity index (χ0n) is 52.8. The number of ether oxygens (including phenoxy) is 2. The van der Waals surface area contributed by atoms with E-state index in [2.05, 4.69) is 62.5 Å². The largest absolute Gasteiger partial charge is 0.756 e. The van der Waals surface area contributed by atoms with E-state index in [4.69, 9.17) is 18.5 Å². The van der Waals surface area contributed by atoms with Crippen molar-refractivity contribution in [2.24, 2.45) is 0 Å². The van der Waals surface area contributed by atoms with Crippen LogP contribution in [0.2, 0.25) is 0 Å². The average Bonchev–Trinajstić information content (AvgIpc) is 3.41. The second-order valence-corrected chi connectivity index (χ2v) is 25.6. The van der Waals surface area contributed by atoms with Gasteiger partial charge in [0.15, 0.2) is 6.10 Å². The highest BCUT2D eigenvalue weighted by atomic mass is 31.2. The van der Waals surface area contributed by atoms with Gasteiger partial charge in [0.2, 0.25) is 0 Å². The first kappa shape index (κ1) is 77.0. The van der Waals surface area contributed by atoms with Crippen molar-refractivity contribution >= 4 is 19.8 Å². The summed E-state index contributed by atoms with van der Waals surface area (Å²) in [5.74, 6) is -0.828. The zero-order chi connectivity index (χ0) is 57.7. The minimum Gasteiger partial charge on any atom is -0.756 e. The third kappa shape index (κ3) is 65.0. The summed E-state index contributed by atoms with van der Waals surface area (Å²) in [6.45, 7) is 4.26. The third-order valence-electron chi connectivity index (χ3n) is 15.1. The molecule has 0 aliphatic carbocycles. The molecule has 9 nitrogen and oxygen atoms in total. The molecule has 10 heteroatoms. The summed E-state index contributed by atoms with van der Waals surface area (Å²) < 4.78 is 34.2. The molecule has 0 heterocycles. The van der Waals surface area contributed by atoms with Crippen molar-refractivity contribution in [3.8, 4) is 0 Å². The van der Waals surface area contributed by atoms with Crippen molar-refractivity contribution in [2.45, 2.75) is 335 Å². The normalized spacial score (nSPS) is 13.4. The van der Waals surface area contributed by atoms with Gasteiger partial charge in [-0.2, -0.15) is 0 Å². The fraction of sp³-hybridized carbons (Fsp3) is 0.855. The summed E-state index contributed by atoms with van der Waals surface area (Å²) >= 11 is 0. The van der Waals surface area contributed by atoms with Gasteiger partial charge < -0.3 is 27.9 Å². The lowest BCUT2D eigenvalue weighted by Crippen LogP contribution is -2.37. The molecule has 0 saturated heterocycles. The van der Waals surface area contributed by atoms with Gasteiger partial charge in [0.1, 0.15) is 19.8 Å². The van der Waals surface area contributed by atoms with Gasteiger partial charge in [0, 0.05) is 12.8 Å². The number of hydrogen-bond acceptors (Lipinski definition) is 8. The van der Waals surface area contributed by atoms with Gasteiger partial charge in [-0.1, -0.05) is 287 Å². The van der Waals surface area contributed by atoms with Crippen molar-refractivity contribution in [1.82, 2.24) is 0 Å². The van der Waals surface area contributed by atoms with Crippen molar-refractivity contribution < 1.29 is 42.1 Å². The highest BCUT2D eigenvalue weighted by Gasteiger charge is 2.22. The van der Waals surface area contributed by atoms with Crippen molar-refractivity contribution in [2.75, 3.05) is 47.5 Å². The first-order chi connectivity index (χ1) is 38.5. The number of carbonyl (C=O) groups excluding carboxylic acids is 2. The molecule has 0 bridgehead atoms. The molecule has 0 radical (unpaired) electrons. The van der Waals surface area contributed by atoms with Crippen LogP contribution in [0.4, 0.5) is 0 Å². The number of hydrogen-bond donors (Lipinski definition) is 0. The Morgan fingerprint density at radius 1 is 0.392 bits per heavy atom. The highest BCUT2D eigenvalue weighted by Crippen LogP contribution is 2.38. The zero-order valence-corrected chi connectivity index (χ0v) is 53.7. The first-order valence-electron chi connectivity index (χ1n) is 33.8. The van der Waals surface area contributed by atoms with E-state index in [1.807, 2.05) is 21.1 Å². The summed E-state index contributed by atoms with van der Waals surface area (Å²) in [4.78, 5) is 37.9. The van der Waals surface area contributed by atoms with E-state index in [9.17, 15) is 19.0 Å². The fourth-order valence-corrected chi connectivity index (χ4v) is 10.6. The van der Waals surface area contributed by atoms with E-state index in [-0.39, 0.29) is 32.0 Å². The molecule has 0 aromatic carbocycles. The van der Waals surface area contributed by atoms with Crippen molar-refractivity contribution in [3.05, 3.63) is 48.6 Å². The highest BCUT2D eigenvalue weighted by molar-refractivity contribution is 7.45. The van der Waals surface area contributed by atoms with Gasteiger partial charge >= 0.3 is 11.9 Å². The van der Waals surface area contributed by atoms with Crippen LogP contribution in [0.15, 0.2) is 48.6 Å². The molecule has 464 valence electrons. The van der Waals surface area contributed by atoms with Crippen LogP contribution in [-0.4, -0.2) is 70.0 Å². The Morgan fingerprint density at radius 2 is 0.684 bits per heavy atom. The lowest BCUT2D eigenvalue weighted by molar-refractivity contribution is -0.870. The Morgan fingerprint density at radius 3 is 1.03 bits per heavy atom. The quantitative estimate of drug-likeness (QED) is 0.0195. The average molecular weight is 1130 g/mol. The van der Waals surface area contributed by atoms with Crippen LogP contribution in [0.3, 0.4) is 0 Å². The van der Waals surface area contributed by atoms with E-state index in [0.717, 1.165) is 64.2 Å². The standard InChI is InChI=1S/C69H130NO8P/c1-6-8-10-12-14-16-18-20-22-24-25-26-27-28-29-30-31-32-33-34-35-36-37-38-39-40-41-42-43-44-45-46-48-50-52-54-56-58-60-62-69(72)78-67(66-77-79(73,74)76-64-63-70(3,4)5)65-75-68(71)61-59-57-55-53-51-49-47-23-21-19-17-15-13-11-9-7-2/h18,20,23-25,27-28,47,67H,6-17,19,21-22,26,29-46,48-66H2,1-5H3/b20-18-,25-24-,28-27-,47-23-. The SMILES string of the molecule is CCCCCCC/C=C\C/C=C\C/C=C\CCCCCCCCCCCCCCCCCCCCCCCCCCC(=O)OC(COC(=O)CCCCCCC/C=C\CCCCCCCCC)COP(=O)([O-])OCC[N+](C)(C)C. The van der Waals surface area contributed by atoms with Crippen molar-refractivity contribution in [1.29, 1.82) is 0 Å². The number of quaternary nitrogens is 1. The summed E-state index contributed by atoms with van der Waals surface area (Å²) in [5.41, 5.74) is 0. The molecular formula is C69H130NO8P. The third-order valence-corrected chi connectivity index (χ3v) is 16.0. The van der Waals surface area contributed by atoms with E-state index < -0.39 is 26.5 Å². The number of esters is 2. The number of nitrogens with zero attached hydrogens (tertiary/aromatic N) is 1. The molecule has 0 rings (SSSR count). The van der Waals surface area contributed by atoms with E-state index in [0.29, 0.717) is 17.4 Å². The molecule has 0 saturated carbocycles. The van der Waals surface area contributed by atoms with Crippen LogP contribution < -0.4 is 4.89 Å². The van der Waals surface area contributed by atoms with Crippen LogP contribution in [-0.2, 0) is 32.7 Å². The number of likely N-dealkylation sites (N-methyl/N-ethyl adjacent to an activating group) is 1. The lowest BCUT2D eigenvalue weighted by Gasteiger charge is -2.28. The van der Waals surface area contributed by atoms with E-state index in [1.165, 1.54) is 231 Å². The second kappa shape index (κ2) is 60.6. The van der Waals surface area contributed by atoms with E-state index >= 15 is 0 Å². The molecule has 0 aromatic rings. The Balaban J connectivity index is 3.91. The van der Waals surface area contributed by atoms with Gasteiger partial charge in [0.05, 0.1) is 27.7 Å². The Kier molecular flexibility index (Phi) is 59.0. The number of unbranched alkanes of at least 4 members (excludes halogenated alkanes) is 41. The van der Waals surface area contributed by atoms with Gasteiger partial charge in [-0.15, -0.1) is 0 Å². The summed E-state index contributed by atoms with van der Waals surface area (Å²) in [6, 6.07) is 0. The molecule has 0 fully saturated rings. The number of allylic oxidation sites excluding steroid dienone is 8. The van der Waals surface area contributed by atoms with Gasteiger partial charge in [0.25, 0.3) is 7.82 Å². The summed E-state index contributed by atoms with van der Waals surface area (Å²) in [6.07, 6.45) is 77.7. The lowest BCUT2D eigenvalue weighted by atomic mass is 10.0. The molecule has 0 N–H and O–H groups in total. The van der Waals surface area contributed by atoms with Crippen LogP contribution >= 0.6 is 7.82 Å². The Labute approximate surface area is 490 Å². The van der Waals surface area contributed by atoms with Gasteiger partial charge in [-0.25, -0.2) is 0 Å². The summed E-state index contributed by atoms with van der Waals surface area (Å²) in [7, 11) is 1.18. The molecule has 0 aromatic heterocycles. The number of carbonyl (C=O) groups is 2. The molecule has 2 unspecified atom stereocenters. The second-order valence-electron chi connectivity index (χ2n) is 24.2. The Hall–Kier alpha value is -2.03. The maximum Gasteiger partial charge on any atom is 0.306 e. The minimum absolute atomic E-state index is 0.0303. The minimum atomic E-state index is -4.64. The molecular weight excluding hydrogens is 1000 g/mol. The van der Waals surface area contributed by atoms with Gasteiger partial charge in [-0.3, -0.25) is 14.2 Å². The van der Waals surface area contributed by atoms with Crippen molar-refractivity contribution in [3.63, 3.8) is 0 Å². The molecule has 0 aliphatic rings. The summed E-state index contributed by atoms with van der Waals surface area (Å²) in [5, 5.41) is 0.